The lowest BCUT2D eigenvalue weighted by atomic mass is 9.85. The monoisotopic (exact) mass is 368 g/mol. The SMILES string of the molecule is COC(=O)c1ccc(/C=C(\C)C2=CC3=C(CC2)CCC(C)(C)CS3)cc1. The van der Waals surface area contributed by atoms with Crippen LogP contribution in [0.25, 0.3) is 6.08 Å². The van der Waals surface area contributed by atoms with Crippen molar-refractivity contribution in [2.24, 2.45) is 5.41 Å². The highest BCUT2D eigenvalue weighted by Crippen LogP contribution is 2.43. The lowest BCUT2D eigenvalue weighted by Gasteiger charge is -2.21. The molecule has 0 N–H and O–H groups in total. The van der Waals surface area contributed by atoms with Crippen LogP contribution in [0.2, 0.25) is 0 Å². The van der Waals surface area contributed by atoms with Crippen molar-refractivity contribution in [3.05, 3.63) is 63.1 Å². The molecule has 0 atom stereocenters. The predicted octanol–water partition coefficient (Wildman–Crippen LogP) is 6.40. The molecule has 0 bridgehead atoms. The van der Waals surface area contributed by atoms with Crippen molar-refractivity contribution in [1.82, 2.24) is 0 Å². The number of methoxy groups -OCH3 is 1. The lowest BCUT2D eigenvalue weighted by Crippen LogP contribution is -2.12. The maximum atomic E-state index is 11.5. The van der Waals surface area contributed by atoms with E-state index in [-0.39, 0.29) is 5.97 Å². The molecule has 2 nitrogen and oxygen atoms in total. The van der Waals surface area contributed by atoms with Gasteiger partial charge < -0.3 is 4.74 Å². The Kier molecular flexibility index (Phi) is 5.76. The molecule has 3 rings (SSSR count). The Bertz CT molecular complexity index is 779. The Hall–Kier alpha value is -1.74. The minimum absolute atomic E-state index is 0.292. The third-order valence-electron chi connectivity index (χ3n) is 5.29. The fraction of sp³-hybridized carbons (Fsp3) is 0.435. The number of rotatable bonds is 3. The highest BCUT2D eigenvalue weighted by Gasteiger charge is 2.25. The quantitative estimate of drug-likeness (QED) is 0.577. The van der Waals surface area contributed by atoms with Gasteiger partial charge in [0.15, 0.2) is 0 Å². The summed E-state index contributed by atoms with van der Waals surface area (Å²) in [6.07, 6.45) is 9.49. The molecule has 0 radical (unpaired) electrons. The average molecular weight is 369 g/mol. The second-order valence-electron chi connectivity index (χ2n) is 8.03. The number of esters is 1. The Morgan fingerprint density at radius 2 is 1.88 bits per heavy atom. The minimum Gasteiger partial charge on any atom is -0.465 e. The molecule has 0 aromatic heterocycles. The van der Waals surface area contributed by atoms with Gasteiger partial charge in [-0.3, -0.25) is 0 Å². The van der Waals surface area contributed by atoms with Crippen LogP contribution in [0.15, 0.2) is 52.0 Å². The molecular weight excluding hydrogens is 340 g/mol. The Balaban J connectivity index is 1.77. The van der Waals surface area contributed by atoms with Gasteiger partial charge in [0.25, 0.3) is 0 Å². The zero-order chi connectivity index (χ0) is 18.7. The van der Waals surface area contributed by atoms with E-state index in [1.54, 1.807) is 5.57 Å². The van der Waals surface area contributed by atoms with E-state index in [0.717, 1.165) is 12.0 Å². The van der Waals surface area contributed by atoms with Crippen LogP contribution in [0.1, 0.15) is 62.4 Å². The molecule has 1 aliphatic heterocycles. The molecule has 0 fully saturated rings. The summed E-state index contributed by atoms with van der Waals surface area (Å²) >= 11 is 2.03. The lowest BCUT2D eigenvalue weighted by molar-refractivity contribution is 0.0600. The molecule has 138 valence electrons. The first-order valence-corrected chi connectivity index (χ1v) is 10.3. The first kappa shape index (κ1) is 19.0. The van der Waals surface area contributed by atoms with Gasteiger partial charge in [0.1, 0.15) is 0 Å². The minimum atomic E-state index is -0.292. The summed E-state index contributed by atoms with van der Waals surface area (Å²) in [5.41, 5.74) is 6.54. The molecule has 0 unspecified atom stereocenters. The average Bonchev–Trinajstić information content (AvgIpc) is 2.80. The van der Waals surface area contributed by atoms with Crippen LogP contribution in [-0.2, 0) is 4.74 Å². The van der Waals surface area contributed by atoms with Crippen LogP contribution < -0.4 is 0 Å². The third-order valence-corrected chi connectivity index (χ3v) is 6.94. The molecule has 1 aromatic rings. The van der Waals surface area contributed by atoms with Crippen molar-refractivity contribution in [2.45, 2.75) is 46.5 Å². The van der Waals surface area contributed by atoms with E-state index >= 15 is 0 Å². The maximum Gasteiger partial charge on any atom is 0.337 e. The van der Waals surface area contributed by atoms with Crippen molar-refractivity contribution < 1.29 is 9.53 Å². The first-order valence-electron chi connectivity index (χ1n) is 9.30. The number of ether oxygens (including phenoxy) is 1. The smallest absolute Gasteiger partial charge is 0.337 e. The van der Waals surface area contributed by atoms with E-state index in [9.17, 15) is 4.79 Å². The molecule has 26 heavy (non-hydrogen) atoms. The summed E-state index contributed by atoms with van der Waals surface area (Å²) in [5, 5.41) is 0. The maximum absolute atomic E-state index is 11.5. The van der Waals surface area contributed by atoms with Crippen molar-refractivity contribution in [1.29, 1.82) is 0 Å². The van der Waals surface area contributed by atoms with Crippen LogP contribution in [-0.4, -0.2) is 18.8 Å². The van der Waals surface area contributed by atoms with Crippen molar-refractivity contribution >= 4 is 23.8 Å². The molecule has 2 aliphatic rings. The van der Waals surface area contributed by atoms with Gasteiger partial charge in [-0.25, -0.2) is 4.79 Å². The van der Waals surface area contributed by atoms with E-state index in [4.69, 9.17) is 4.74 Å². The van der Waals surface area contributed by atoms with E-state index in [1.165, 1.54) is 48.2 Å². The number of carbonyl (C=O) groups is 1. The highest BCUT2D eigenvalue weighted by atomic mass is 32.2. The van der Waals surface area contributed by atoms with Crippen molar-refractivity contribution in [2.75, 3.05) is 12.9 Å². The van der Waals surface area contributed by atoms with Crippen LogP contribution in [0, 0.1) is 5.41 Å². The Morgan fingerprint density at radius 3 is 2.58 bits per heavy atom. The fourth-order valence-electron chi connectivity index (χ4n) is 3.45. The molecule has 0 saturated carbocycles. The summed E-state index contributed by atoms with van der Waals surface area (Å²) in [4.78, 5) is 13.1. The van der Waals surface area contributed by atoms with Gasteiger partial charge in [0, 0.05) is 10.7 Å². The Labute approximate surface area is 161 Å². The summed E-state index contributed by atoms with van der Waals surface area (Å²) < 4.78 is 4.76. The normalized spacial score (nSPS) is 20.2. The number of benzene rings is 1. The molecule has 3 heteroatoms. The molecule has 1 aliphatic carbocycles. The van der Waals surface area contributed by atoms with Crippen LogP contribution in [0.5, 0.6) is 0 Å². The summed E-state index contributed by atoms with van der Waals surface area (Å²) in [7, 11) is 1.41. The fourth-order valence-corrected chi connectivity index (χ4v) is 4.78. The van der Waals surface area contributed by atoms with Gasteiger partial charge in [-0.1, -0.05) is 37.6 Å². The number of allylic oxidation sites excluding steroid dienone is 4. The second-order valence-corrected chi connectivity index (χ2v) is 9.05. The topological polar surface area (TPSA) is 26.3 Å². The molecule has 0 amide bonds. The van der Waals surface area contributed by atoms with E-state index < -0.39 is 0 Å². The van der Waals surface area contributed by atoms with Gasteiger partial charge in [0.2, 0.25) is 0 Å². The third kappa shape index (κ3) is 4.50. The van der Waals surface area contributed by atoms with Gasteiger partial charge in [0.05, 0.1) is 12.7 Å². The van der Waals surface area contributed by atoms with Crippen molar-refractivity contribution in [3.8, 4) is 0 Å². The van der Waals surface area contributed by atoms with Gasteiger partial charge in [-0.05, 0) is 72.9 Å². The molecular formula is C23H28O2S. The molecule has 1 aromatic carbocycles. The van der Waals surface area contributed by atoms with Crippen LogP contribution in [0.4, 0.5) is 0 Å². The number of thioether (sulfide) groups is 1. The van der Waals surface area contributed by atoms with Gasteiger partial charge >= 0.3 is 5.97 Å². The number of hydrogen-bond acceptors (Lipinski definition) is 3. The summed E-state index contributed by atoms with van der Waals surface area (Å²) in [5.74, 6) is 0.910. The predicted molar refractivity (Wildman–Crippen MR) is 111 cm³/mol. The molecule has 1 heterocycles. The van der Waals surface area contributed by atoms with Gasteiger partial charge in [-0.15, -0.1) is 11.8 Å². The van der Waals surface area contributed by atoms with Crippen LogP contribution in [0.3, 0.4) is 0 Å². The van der Waals surface area contributed by atoms with Gasteiger partial charge in [-0.2, -0.15) is 0 Å². The molecule has 0 saturated heterocycles. The van der Waals surface area contributed by atoms with Crippen LogP contribution >= 0.6 is 11.8 Å². The number of carbonyl (C=O) groups excluding carboxylic acids is 1. The van der Waals surface area contributed by atoms with E-state index in [2.05, 4.69) is 32.9 Å². The zero-order valence-electron chi connectivity index (χ0n) is 16.2. The molecule has 0 spiro atoms. The summed E-state index contributed by atoms with van der Waals surface area (Å²) in [6, 6.07) is 7.60. The zero-order valence-corrected chi connectivity index (χ0v) is 17.0. The largest absolute Gasteiger partial charge is 0.465 e. The van der Waals surface area contributed by atoms with Crippen molar-refractivity contribution in [3.63, 3.8) is 0 Å². The van der Waals surface area contributed by atoms with E-state index in [1.807, 2.05) is 36.0 Å². The first-order chi connectivity index (χ1) is 12.4. The summed E-state index contributed by atoms with van der Waals surface area (Å²) in [6.45, 7) is 6.95. The second kappa shape index (κ2) is 7.87. The standard InChI is InChI=1S/C23H28O2S/c1-16(13-17-5-7-19(8-6-17)22(24)25-4)20-10-9-18-11-12-23(2,3)15-26-21(18)14-20/h5-8,13-14H,9-12,15H2,1-4H3/b16-13+. The highest BCUT2D eigenvalue weighted by molar-refractivity contribution is 8.03. The van der Waals surface area contributed by atoms with E-state index in [0.29, 0.717) is 11.0 Å². The Morgan fingerprint density at radius 1 is 1.15 bits per heavy atom. The number of hydrogen-bond donors (Lipinski definition) is 0.